The summed E-state index contributed by atoms with van der Waals surface area (Å²) in [7, 11) is -3.38. The molecule has 6 nitrogen and oxygen atoms in total. The maximum Gasteiger partial charge on any atom is 0.349 e. The second-order valence-electron chi connectivity index (χ2n) is 6.28. The van der Waals surface area contributed by atoms with Crippen LogP contribution in [0.1, 0.15) is 43.8 Å². The van der Waals surface area contributed by atoms with E-state index in [9.17, 15) is 18.0 Å². The molecule has 1 heterocycles. The van der Waals surface area contributed by atoms with E-state index in [0.29, 0.717) is 16.1 Å². The smallest absolute Gasteiger partial charge is 0.349 e. The number of esters is 1. The molecule has 0 aliphatic heterocycles. The maximum absolute atomic E-state index is 12.4. The molecule has 1 aliphatic carbocycles. The van der Waals surface area contributed by atoms with Gasteiger partial charge in [-0.25, -0.2) is 13.2 Å². The lowest BCUT2D eigenvalue weighted by molar-refractivity contribution is 0.0323. The fourth-order valence-corrected chi connectivity index (χ4v) is 4.55. The molecule has 138 valence electrons. The second-order valence-corrected chi connectivity index (χ2v) is 9.16. The number of rotatable bonds is 6. The monoisotopic (exact) mass is 393 g/mol. The standard InChI is InChI=1S/C18H19NO5S2/c1-11(24-18(21)16-10-13-4-3-5-15(13)25-16)17(20)12-6-8-14(9-7-12)19-26(2,22)23/h6-11,19H,3-5H2,1-2H3/t11-/m1/s1. The molecule has 0 fully saturated rings. The van der Waals surface area contributed by atoms with E-state index in [0.717, 1.165) is 25.5 Å². The van der Waals surface area contributed by atoms with E-state index < -0.39 is 22.1 Å². The van der Waals surface area contributed by atoms with Crippen LogP contribution in [0.25, 0.3) is 0 Å². The third kappa shape index (κ3) is 4.31. The Bertz CT molecular complexity index is 923. The Labute approximate surface area is 156 Å². The minimum absolute atomic E-state index is 0.339. The Hall–Kier alpha value is -2.19. The molecule has 0 bridgehead atoms. The predicted octanol–water partition coefficient (Wildman–Crippen LogP) is 3.04. The van der Waals surface area contributed by atoms with Gasteiger partial charge >= 0.3 is 5.97 Å². The van der Waals surface area contributed by atoms with Crippen LogP contribution in [0.2, 0.25) is 0 Å². The molecule has 0 unspecified atom stereocenters. The molecular formula is C18H19NO5S2. The van der Waals surface area contributed by atoms with Crippen LogP contribution in [0.5, 0.6) is 0 Å². The Kier molecular flexibility index (Phi) is 5.15. The number of benzene rings is 1. The van der Waals surface area contributed by atoms with Gasteiger partial charge in [0.25, 0.3) is 0 Å². The molecule has 3 rings (SSSR count). The molecule has 1 aliphatic rings. The van der Waals surface area contributed by atoms with Crippen LogP contribution in [-0.4, -0.2) is 32.5 Å². The number of hydrogen-bond donors (Lipinski definition) is 1. The second kappa shape index (κ2) is 7.20. The first-order valence-electron chi connectivity index (χ1n) is 8.17. The van der Waals surface area contributed by atoms with Gasteiger partial charge in [0, 0.05) is 16.1 Å². The first kappa shape index (κ1) is 18.6. The van der Waals surface area contributed by atoms with Gasteiger partial charge in [-0.05, 0) is 62.1 Å². The van der Waals surface area contributed by atoms with Crippen LogP contribution in [0, 0.1) is 0 Å². The number of carbonyl (C=O) groups excluding carboxylic acids is 2. The Morgan fingerprint density at radius 3 is 2.50 bits per heavy atom. The number of ether oxygens (including phenoxy) is 1. The largest absolute Gasteiger partial charge is 0.450 e. The minimum atomic E-state index is -3.38. The SMILES string of the molecule is C[C@@H](OC(=O)c1cc2c(s1)CCC2)C(=O)c1ccc(NS(C)(=O)=O)cc1. The van der Waals surface area contributed by atoms with Crippen LogP contribution < -0.4 is 4.72 Å². The van der Waals surface area contributed by atoms with Crippen molar-refractivity contribution < 1.29 is 22.7 Å². The number of hydrogen-bond acceptors (Lipinski definition) is 6. The van der Waals surface area contributed by atoms with Gasteiger partial charge in [-0.2, -0.15) is 0 Å². The van der Waals surface area contributed by atoms with Crippen LogP contribution in [0.3, 0.4) is 0 Å². The fraction of sp³-hybridized carbons (Fsp3) is 0.333. The number of anilines is 1. The first-order valence-corrected chi connectivity index (χ1v) is 10.9. The van der Waals surface area contributed by atoms with Gasteiger partial charge in [0.15, 0.2) is 6.10 Å². The molecule has 0 spiro atoms. The summed E-state index contributed by atoms with van der Waals surface area (Å²) in [6, 6.07) is 7.84. The average molecular weight is 393 g/mol. The van der Waals surface area contributed by atoms with Crippen molar-refractivity contribution in [3.63, 3.8) is 0 Å². The summed E-state index contributed by atoms with van der Waals surface area (Å²) in [4.78, 5) is 26.5. The number of sulfonamides is 1. The van der Waals surface area contributed by atoms with Gasteiger partial charge in [0.1, 0.15) is 4.88 Å². The molecule has 1 N–H and O–H groups in total. The minimum Gasteiger partial charge on any atom is -0.450 e. The molecule has 2 aromatic rings. The van der Waals surface area contributed by atoms with Gasteiger partial charge in [-0.1, -0.05) is 0 Å². The summed E-state index contributed by atoms with van der Waals surface area (Å²) >= 11 is 1.44. The van der Waals surface area contributed by atoms with E-state index in [4.69, 9.17) is 4.74 Å². The third-order valence-corrected chi connectivity index (χ3v) is 5.90. The topological polar surface area (TPSA) is 89.5 Å². The Morgan fingerprint density at radius 2 is 1.88 bits per heavy atom. The molecule has 0 radical (unpaired) electrons. The zero-order chi connectivity index (χ0) is 18.9. The molecule has 1 aromatic heterocycles. The quantitative estimate of drug-likeness (QED) is 0.602. The lowest BCUT2D eigenvalue weighted by atomic mass is 10.1. The van der Waals surface area contributed by atoms with Crippen molar-refractivity contribution in [1.29, 1.82) is 0 Å². The van der Waals surface area contributed by atoms with Gasteiger partial charge in [0.2, 0.25) is 15.8 Å². The number of ketones is 1. The predicted molar refractivity (Wildman–Crippen MR) is 100 cm³/mol. The number of nitrogens with one attached hydrogen (secondary N) is 1. The van der Waals surface area contributed by atoms with E-state index >= 15 is 0 Å². The number of aryl methyl sites for hydroxylation is 2. The summed E-state index contributed by atoms with van der Waals surface area (Å²) < 4.78 is 30.0. The van der Waals surface area contributed by atoms with Crippen molar-refractivity contribution >= 4 is 38.8 Å². The zero-order valence-electron chi connectivity index (χ0n) is 14.4. The summed E-state index contributed by atoms with van der Waals surface area (Å²) in [6.45, 7) is 1.53. The van der Waals surface area contributed by atoms with Gasteiger partial charge in [-0.15, -0.1) is 11.3 Å². The fourth-order valence-electron chi connectivity index (χ4n) is 2.85. The highest BCUT2D eigenvalue weighted by molar-refractivity contribution is 7.92. The molecule has 0 saturated carbocycles. The third-order valence-electron chi connectivity index (χ3n) is 4.07. The highest BCUT2D eigenvalue weighted by atomic mass is 32.2. The summed E-state index contributed by atoms with van der Waals surface area (Å²) in [6.07, 6.45) is 3.23. The summed E-state index contributed by atoms with van der Waals surface area (Å²) in [5.74, 6) is -0.825. The van der Waals surface area contributed by atoms with E-state index in [1.54, 1.807) is 0 Å². The number of carbonyl (C=O) groups is 2. The van der Waals surface area contributed by atoms with Crippen LogP contribution in [0.4, 0.5) is 5.69 Å². The number of Topliss-reactive ketones (excluding diaryl/α,β-unsaturated/α-hetero) is 1. The summed E-state index contributed by atoms with van der Waals surface area (Å²) in [5.41, 5.74) is 1.91. The van der Waals surface area contributed by atoms with Crippen molar-refractivity contribution in [2.24, 2.45) is 0 Å². The number of thiophene rings is 1. The van der Waals surface area contributed by atoms with Crippen molar-refractivity contribution in [2.45, 2.75) is 32.3 Å². The van der Waals surface area contributed by atoms with Crippen molar-refractivity contribution in [3.05, 3.63) is 51.2 Å². The highest BCUT2D eigenvalue weighted by Gasteiger charge is 2.24. The first-order chi connectivity index (χ1) is 12.2. The summed E-state index contributed by atoms with van der Waals surface area (Å²) in [5, 5.41) is 0. The Balaban J connectivity index is 1.64. The average Bonchev–Trinajstić information content (AvgIpc) is 3.15. The van der Waals surface area contributed by atoms with E-state index in [-0.39, 0.29) is 5.78 Å². The molecule has 1 aromatic carbocycles. The van der Waals surface area contributed by atoms with Crippen molar-refractivity contribution in [3.8, 4) is 0 Å². The van der Waals surface area contributed by atoms with Gasteiger partial charge in [0.05, 0.1) is 6.26 Å². The van der Waals surface area contributed by atoms with Gasteiger partial charge < -0.3 is 4.74 Å². The molecule has 8 heteroatoms. The van der Waals surface area contributed by atoms with Crippen LogP contribution in [0.15, 0.2) is 30.3 Å². The van der Waals surface area contributed by atoms with Gasteiger partial charge in [-0.3, -0.25) is 9.52 Å². The lowest BCUT2D eigenvalue weighted by Crippen LogP contribution is -2.24. The molecule has 0 saturated heterocycles. The van der Waals surface area contributed by atoms with Crippen molar-refractivity contribution in [1.82, 2.24) is 0 Å². The van der Waals surface area contributed by atoms with Crippen LogP contribution >= 0.6 is 11.3 Å². The zero-order valence-corrected chi connectivity index (χ0v) is 16.1. The van der Waals surface area contributed by atoms with Crippen LogP contribution in [-0.2, 0) is 27.6 Å². The molecule has 0 amide bonds. The highest BCUT2D eigenvalue weighted by Crippen LogP contribution is 2.31. The van der Waals surface area contributed by atoms with E-state index in [2.05, 4.69) is 4.72 Å². The number of fused-ring (bicyclic) bond motifs is 1. The molecule has 26 heavy (non-hydrogen) atoms. The normalized spacial score (nSPS) is 14.5. The molecule has 1 atom stereocenters. The van der Waals surface area contributed by atoms with E-state index in [1.807, 2.05) is 6.07 Å². The molecular weight excluding hydrogens is 374 g/mol. The van der Waals surface area contributed by atoms with E-state index in [1.165, 1.54) is 53.0 Å². The Morgan fingerprint density at radius 1 is 1.19 bits per heavy atom. The van der Waals surface area contributed by atoms with Crippen molar-refractivity contribution in [2.75, 3.05) is 11.0 Å². The maximum atomic E-state index is 12.4. The lowest BCUT2D eigenvalue weighted by Gasteiger charge is -2.12.